The lowest BCUT2D eigenvalue weighted by Gasteiger charge is -2.09. The Bertz CT molecular complexity index is 1450. The molecule has 0 saturated heterocycles. The van der Waals surface area contributed by atoms with Crippen molar-refractivity contribution < 1.29 is 9.32 Å². The van der Waals surface area contributed by atoms with Crippen molar-refractivity contribution in [1.29, 1.82) is 0 Å². The lowest BCUT2D eigenvalue weighted by atomic mass is 10.1. The predicted octanol–water partition coefficient (Wildman–Crippen LogP) is 5.91. The molecule has 5 aromatic rings. The first-order valence-electron chi connectivity index (χ1n) is 11.2. The Morgan fingerprint density at radius 3 is 2.46 bits per heavy atom. The third-order valence-electron chi connectivity index (χ3n) is 5.44. The fourth-order valence-electron chi connectivity index (χ4n) is 3.62. The van der Waals surface area contributed by atoms with E-state index < -0.39 is 0 Å². The average Bonchev–Trinajstić information content (AvgIpc) is 3.51. The molecule has 3 aromatic carbocycles. The van der Waals surface area contributed by atoms with Gasteiger partial charge in [0.05, 0.1) is 6.33 Å². The standard InChI is InChI=1S/C27H24N6O2/c1-18-6-10-21(11-7-18)25-31-26(35-32-25)24-16-33(17-28-24)15-20-8-12-22(13-9-20)29-27(34)30-23-5-3-4-19(2)14-23/h3-14,16-17H,15H2,1-2H3,(H2,29,30,34). The summed E-state index contributed by atoms with van der Waals surface area (Å²) in [5.41, 5.74) is 6.28. The molecule has 0 saturated carbocycles. The van der Waals surface area contributed by atoms with Gasteiger partial charge in [0.1, 0.15) is 5.69 Å². The van der Waals surface area contributed by atoms with Gasteiger partial charge in [0, 0.05) is 29.7 Å². The highest BCUT2D eigenvalue weighted by molar-refractivity contribution is 5.99. The molecule has 0 aliphatic carbocycles. The third kappa shape index (κ3) is 5.44. The first-order valence-corrected chi connectivity index (χ1v) is 11.2. The van der Waals surface area contributed by atoms with Gasteiger partial charge in [0.15, 0.2) is 0 Å². The fraction of sp³-hybridized carbons (Fsp3) is 0.111. The minimum Gasteiger partial charge on any atom is -0.332 e. The van der Waals surface area contributed by atoms with E-state index in [1.165, 1.54) is 5.56 Å². The maximum Gasteiger partial charge on any atom is 0.323 e. The van der Waals surface area contributed by atoms with Crippen LogP contribution in [0.1, 0.15) is 16.7 Å². The third-order valence-corrected chi connectivity index (χ3v) is 5.44. The van der Waals surface area contributed by atoms with Gasteiger partial charge >= 0.3 is 6.03 Å². The average molecular weight is 465 g/mol. The number of hydrogen-bond acceptors (Lipinski definition) is 5. The largest absolute Gasteiger partial charge is 0.332 e. The van der Waals surface area contributed by atoms with Crippen molar-refractivity contribution >= 4 is 17.4 Å². The number of aryl methyl sites for hydroxylation is 2. The minimum absolute atomic E-state index is 0.285. The van der Waals surface area contributed by atoms with Crippen molar-refractivity contribution in [2.24, 2.45) is 0 Å². The number of benzene rings is 3. The molecule has 8 heteroatoms. The Hall–Kier alpha value is -4.72. The molecule has 0 radical (unpaired) electrons. The van der Waals surface area contributed by atoms with E-state index in [0.29, 0.717) is 29.6 Å². The van der Waals surface area contributed by atoms with Crippen molar-refractivity contribution in [3.05, 3.63) is 102 Å². The van der Waals surface area contributed by atoms with Gasteiger partial charge in [-0.1, -0.05) is 59.3 Å². The highest BCUT2D eigenvalue weighted by Gasteiger charge is 2.13. The monoisotopic (exact) mass is 464 g/mol. The van der Waals surface area contributed by atoms with Crippen molar-refractivity contribution in [3.63, 3.8) is 0 Å². The lowest BCUT2D eigenvalue weighted by Crippen LogP contribution is -2.19. The Balaban J connectivity index is 1.20. The maximum absolute atomic E-state index is 12.3. The molecule has 2 aromatic heterocycles. The second kappa shape index (κ2) is 9.64. The van der Waals surface area contributed by atoms with Crippen LogP contribution in [0, 0.1) is 13.8 Å². The SMILES string of the molecule is Cc1ccc(-c2noc(-c3cn(Cc4ccc(NC(=O)Nc5cccc(C)c5)cc4)cn3)n2)cc1. The summed E-state index contributed by atoms with van der Waals surface area (Å²) in [6, 6.07) is 23.0. The van der Waals surface area contributed by atoms with Gasteiger partial charge in [0.2, 0.25) is 5.82 Å². The molecule has 0 atom stereocenters. The van der Waals surface area contributed by atoms with Gasteiger partial charge in [-0.2, -0.15) is 4.98 Å². The van der Waals surface area contributed by atoms with Gasteiger partial charge in [-0.25, -0.2) is 9.78 Å². The molecule has 0 aliphatic rings. The van der Waals surface area contributed by atoms with E-state index in [0.717, 1.165) is 22.4 Å². The number of nitrogens with one attached hydrogen (secondary N) is 2. The van der Waals surface area contributed by atoms with E-state index >= 15 is 0 Å². The summed E-state index contributed by atoms with van der Waals surface area (Å²) in [5, 5.41) is 9.76. The number of urea groups is 1. The first-order chi connectivity index (χ1) is 17.0. The molecule has 2 amide bonds. The molecule has 174 valence electrons. The highest BCUT2D eigenvalue weighted by atomic mass is 16.5. The number of amides is 2. The van der Waals surface area contributed by atoms with Crippen LogP contribution in [0.15, 0.2) is 89.8 Å². The number of carbonyl (C=O) groups excluding carboxylic acids is 1. The molecule has 0 fully saturated rings. The molecular formula is C27H24N6O2. The van der Waals surface area contributed by atoms with E-state index in [1.54, 1.807) is 6.33 Å². The van der Waals surface area contributed by atoms with E-state index in [9.17, 15) is 4.79 Å². The van der Waals surface area contributed by atoms with Crippen molar-refractivity contribution in [2.45, 2.75) is 20.4 Å². The normalized spacial score (nSPS) is 10.8. The number of nitrogens with zero attached hydrogens (tertiary/aromatic N) is 4. The van der Waals surface area contributed by atoms with Crippen LogP contribution >= 0.6 is 0 Å². The van der Waals surface area contributed by atoms with Gasteiger partial charge in [-0.3, -0.25) is 0 Å². The molecular weight excluding hydrogens is 440 g/mol. The lowest BCUT2D eigenvalue weighted by molar-refractivity contribution is 0.262. The van der Waals surface area contributed by atoms with Crippen LogP contribution < -0.4 is 10.6 Å². The molecule has 5 rings (SSSR count). The van der Waals surface area contributed by atoms with Gasteiger partial charge in [-0.15, -0.1) is 0 Å². The summed E-state index contributed by atoms with van der Waals surface area (Å²) in [4.78, 5) is 21.1. The second-order valence-corrected chi connectivity index (χ2v) is 8.37. The van der Waals surface area contributed by atoms with Crippen molar-refractivity contribution in [2.75, 3.05) is 10.6 Å². The van der Waals surface area contributed by atoms with E-state index in [-0.39, 0.29) is 6.03 Å². The van der Waals surface area contributed by atoms with E-state index in [1.807, 2.05) is 97.4 Å². The zero-order valence-corrected chi connectivity index (χ0v) is 19.4. The van der Waals surface area contributed by atoms with Crippen LogP contribution in [0.4, 0.5) is 16.2 Å². The Labute approximate surface area is 202 Å². The zero-order valence-electron chi connectivity index (χ0n) is 19.4. The topological polar surface area (TPSA) is 97.9 Å². The van der Waals surface area contributed by atoms with Crippen LogP contribution in [-0.2, 0) is 6.54 Å². The minimum atomic E-state index is -0.285. The number of aromatic nitrogens is 4. The molecule has 35 heavy (non-hydrogen) atoms. The number of carbonyl (C=O) groups is 1. The Morgan fingerprint density at radius 2 is 1.69 bits per heavy atom. The van der Waals surface area contributed by atoms with E-state index in [4.69, 9.17) is 4.52 Å². The van der Waals surface area contributed by atoms with Crippen LogP contribution in [0.2, 0.25) is 0 Å². The van der Waals surface area contributed by atoms with Crippen molar-refractivity contribution in [1.82, 2.24) is 19.7 Å². The highest BCUT2D eigenvalue weighted by Crippen LogP contribution is 2.22. The summed E-state index contributed by atoms with van der Waals surface area (Å²) in [5.74, 6) is 0.905. The molecule has 2 N–H and O–H groups in total. The van der Waals surface area contributed by atoms with Gasteiger partial charge < -0.3 is 19.7 Å². The summed E-state index contributed by atoms with van der Waals surface area (Å²) in [7, 11) is 0. The van der Waals surface area contributed by atoms with E-state index in [2.05, 4.69) is 25.8 Å². The number of imidazole rings is 1. The quantitative estimate of drug-likeness (QED) is 0.326. The maximum atomic E-state index is 12.3. The van der Waals surface area contributed by atoms with Gasteiger partial charge in [0.25, 0.3) is 5.89 Å². The van der Waals surface area contributed by atoms with Crippen LogP contribution in [0.5, 0.6) is 0 Å². The molecule has 8 nitrogen and oxygen atoms in total. The molecule has 0 unspecified atom stereocenters. The number of rotatable bonds is 6. The molecule has 0 bridgehead atoms. The van der Waals surface area contributed by atoms with Crippen LogP contribution in [-0.4, -0.2) is 25.7 Å². The summed E-state index contributed by atoms with van der Waals surface area (Å²) < 4.78 is 7.36. The van der Waals surface area contributed by atoms with Crippen LogP contribution in [0.25, 0.3) is 23.0 Å². The first kappa shape index (κ1) is 22.1. The fourth-order valence-corrected chi connectivity index (χ4v) is 3.62. The zero-order chi connectivity index (χ0) is 24.2. The molecule has 0 aliphatic heterocycles. The summed E-state index contributed by atoms with van der Waals surface area (Å²) in [6.07, 6.45) is 3.60. The predicted molar refractivity (Wildman–Crippen MR) is 135 cm³/mol. The molecule has 2 heterocycles. The number of hydrogen-bond donors (Lipinski definition) is 2. The second-order valence-electron chi connectivity index (χ2n) is 8.37. The Kier molecular flexibility index (Phi) is 6.09. The smallest absolute Gasteiger partial charge is 0.323 e. The summed E-state index contributed by atoms with van der Waals surface area (Å²) >= 11 is 0. The summed E-state index contributed by atoms with van der Waals surface area (Å²) in [6.45, 7) is 4.63. The number of anilines is 2. The van der Waals surface area contributed by atoms with Crippen molar-refractivity contribution in [3.8, 4) is 23.0 Å². The van der Waals surface area contributed by atoms with Gasteiger partial charge in [-0.05, 0) is 49.2 Å². The van der Waals surface area contributed by atoms with Crippen LogP contribution in [0.3, 0.4) is 0 Å². The molecule has 0 spiro atoms. The Morgan fingerprint density at radius 1 is 0.914 bits per heavy atom.